The Morgan fingerprint density at radius 2 is 2.33 bits per heavy atom. The Morgan fingerprint density at radius 1 is 1.67 bits per heavy atom. The lowest BCUT2D eigenvalue weighted by Gasteiger charge is -2.33. The summed E-state index contributed by atoms with van der Waals surface area (Å²) >= 11 is 4.11. The third-order valence-electron chi connectivity index (χ3n) is 2.19. The number of carbonyl (C=O) groups is 1. The lowest BCUT2D eigenvalue weighted by atomic mass is 9.98. The van der Waals surface area contributed by atoms with Crippen molar-refractivity contribution in [3.05, 3.63) is 0 Å². The van der Waals surface area contributed by atoms with Crippen LogP contribution >= 0.6 is 12.6 Å². The molecule has 0 bridgehead atoms. The fourth-order valence-corrected chi connectivity index (χ4v) is 1.73. The molecule has 0 aromatic rings. The van der Waals surface area contributed by atoms with Gasteiger partial charge in [-0.15, -0.1) is 0 Å². The third-order valence-corrected chi connectivity index (χ3v) is 2.70. The van der Waals surface area contributed by atoms with E-state index in [0.717, 1.165) is 11.3 Å². The van der Waals surface area contributed by atoms with Crippen LogP contribution < -0.4 is 0 Å². The second-order valence-corrected chi connectivity index (χ2v) is 3.39. The molecule has 1 saturated heterocycles. The van der Waals surface area contributed by atoms with Gasteiger partial charge >= 0.3 is 6.09 Å². The highest BCUT2D eigenvalue weighted by molar-refractivity contribution is 7.80. The molecular weight excluding hydrogens is 178 g/mol. The van der Waals surface area contributed by atoms with Crippen LogP contribution in [-0.2, 0) is 0 Å². The van der Waals surface area contributed by atoms with Gasteiger partial charge in [0.25, 0.3) is 0 Å². The van der Waals surface area contributed by atoms with Gasteiger partial charge in [0, 0.05) is 6.54 Å². The molecule has 4 nitrogen and oxygen atoms in total. The van der Waals surface area contributed by atoms with E-state index in [2.05, 4.69) is 12.6 Å². The fraction of sp³-hybridized carbons (Fsp3) is 0.857. The largest absolute Gasteiger partial charge is 0.465 e. The number of likely N-dealkylation sites (tertiary alicyclic amines) is 1. The van der Waals surface area contributed by atoms with Gasteiger partial charge in [0.2, 0.25) is 0 Å². The summed E-state index contributed by atoms with van der Waals surface area (Å²) in [4.78, 5) is 11.6. The summed E-state index contributed by atoms with van der Waals surface area (Å²) in [6.07, 6.45) is -0.573. The first-order valence-electron chi connectivity index (χ1n) is 3.93. The van der Waals surface area contributed by atoms with Gasteiger partial charge in [0.05, 0.1) is 0 Å². The smallest absolute Gasteiger partial charge is 0.409 e. The zero-order valence-corrected chi connectivity index (χ0v) is 7.57. The first-order chi connectivity index (χ1) is 5.65. The van der Waals surface area contributed by atoms with E-state index < -0.39 is 12.3 Å². The van der Waals surface area contributed by atoms with Gasteiger partial charge in [-0.25, -0.2) is 4.79 Å². The summed E-state index contributed by atoms with van der Waals surface area (Å²) in [7, 11) is 0. The van der Waals surface area contributed by atoms with Gasteiger partial charge in [0.15, 0.2) is 0 Å². The Labute approximate surface area is 76.6 Å². The number of nitrogens with zero attached hydrogens (tertiary/aromatic N) is 1. The number of piperidine rings is 1. The van der Waals surface area contributed by atoms with Crippen LogP contribution in [0.3, 0.4) is 0 Å². The summed E-state index contributed by atoms with van der Waals surface area (Å²) in [6.45, 7) is 0.418. The van der Waals surface area contributed by atoms with Crippen LogP contribution in [0.4, 0.5) is 4.79 Å². The average Bonchev–Trinajstić information content (AvgIpc) is 2.03. The van der Waals surface area contributed by atoms with Crippen LogP contribution in [-0.4, -0.2) is 39.7 Å². The van der Waals surface area contributed by atoms with Crippen LogP contribution in [0.15, 0.2) is 0 Å². The quantitative estimate of drug-likeness (QED) is 0.533. The maximum absolute atomic E-state index is 10.5. The minimum absolute atomic E-state index is 0.346. The van der Waals surface area contributed by atoms with Crippen molar-refractivity contribution in [1.82, 2.24) is 4.90 Å². The first-order valence-corrected chi connectivity index (χ1v) is 4.57. The maximum Gasteiger partial charge on any atom is 0.409 e. The van der Waals surface area contributed by atoms with Crippen molar-refractivity contribution in [1.29, 1.82) is 0 Å². The zero-order chi connectivity index (χ0) is 9.14. The highest BCUT2D eigenvalue weighted by Gasteiger charge is 2.28. The van der Waals surface area contributed by atoms with Crippen LogP contribution in [0, 0.1) is 5.92 Å². The van der Waals surface area contributed by atoms with Crippen molar-refractivity contribution in [2.24, 2.45) is 5.92 Å². The van der Waals surface area contributed by atoms with Gasteiger partial charge in [-0.05, 0) is 24.5 Å². The molecule has 0 aromatic carbocycles. The number of aliphatic hydroxyl groups excluding tert-OH is 1. The van der Waals surface area contributed by atoms with E-state index in [1.165, 1.54) is 0 Å². The minimum atomic E-state index is -1.04. The molecule has 1 fully saturated rings. The standard InChI is InChI=1S/C7H13NO3S/c9-6-3-5(4-12)1-2-8(6)7(10)11/h5-6,9,12H,1-4H2,(H,10,11). The molecule has 5 heteroatoms. The van der Waals surface area contributed by atoms with Gasteiger partial charge < -0.3 is 10.2 Å². The molecule has 0 aliphatic carbocycles. The highest BCUT2D eigenvalue weighted by atomic mass is 32.1. The Kier molecular flexibility index (Phi) is 3.22. The van der Waals surface area contributed by atoms with Crippen LogP contribution in [0.5, 0.6) is 0 Å². The first kappa shape index (κ1) is 9.67. The molecule has 2 atom stereocenters. The number of hydrogen-bond donors (Lipinski definition) is 3. The van der Waals surface area contributed by atoms with E-state index in [1.807, 2.05) is 0 Å². The normalized spacial score (nSPS) is 30.3. The van der Waals surface area contributed by atoms with E-state index in [4.69, 9.17) is 5.11 Å². The van der Waals surface area contributed by atoms with Crippen molar-refractivity contribution in [3.63, 3.8) is 0 Å². The SMILES string of the molecule is O=C(O)N1CCC(CS)CC1O. The minimum Gasteiger partial charge on any atom is -0.465 e. The number of amides is 1. The van der Waals surface area contributed by atoms with Crippen molar-refractivity contribution < 1.29 is 15.0 Å². The summed E-state index contributed by atoms with van der Waals surface area (Å²) in [6, 6.07) is 0. The molecule has 2 unspecified atom stereocenters. The monoisotopic (exact) mass is 191 g/mol. The molecule has 1 aliphatic rings. The number of rotatable bonds is 1. The lowest BCUT2D eigenvalue weighted by Crippen LogP contribution is -2.45. The third kappa shape index (κ3) is 2.04. The van der Waals surface area contributed by atoms with Crippen molar-refractivity contribution >= 4 is 18.7 Å². The molecule has 1 rings (SSSR count). The molecule has 12 heavy (non-hydrogen) atoms. The average molecular weight is 191 g/mol. The molecule has 0 radical (unpaired) electrons. The molecule has 2 N–H and O–H groups in total. The Balaban J connectivity index is 2.47. The Bertz CT molecular complexity index is 176. The van der Waals surface area contributed by atoms with E-state index in [0.29, 0.717) is 24.6 Å². The van der Waals surface area contributed by atoms with Crippen LogP contribution in [0.1, 0.15) is 12.8 Å². The van der Waals surface area contributed by atoms with Crippen LogP contribution in [0.25, 0.3) is 0 Å². The number of hydrogen-bond acceptors (Lipinski definition) is 3. The molecule has 0 spiro atoms. The molecule has 1 amide bonds. The van der Waals surface area contributed by atoms with E-state index in [9.17, 15) is 9.90 Å². The topological polar surface area (TPSA) is 60.8 Å². The predicted octanol–water partition coefficient (Wildman–Crippen LogP) is 0.625. The van der Waals surface area contributed by atoms with Crippen molar-refractivity contribution in [2.45, 2.75) is 19.1 Å². The molecular formula is C7H13NO3S. The zero-order valence-electron chi connectivity index (χ0n) is 6.68. The number of aliphatic hydroxyl groups is 1. The lowest BCUT2D eigenvalue weighted by molar-refractivity contribution is -0.0251. The molecule has 1 aliphatic heterocycles. The van der Waals surface area contributed by atoms with E-state index >= 15 is 0 Å². The number of thiol groups is 1. The van der Waals surface area contributed by atoms with Gasteiger partial charge in [-0.2, -0.15) is 12.6 Å². The van der Waals surface area contributed by atoms with Gasteiger partial charge in [-0.3, -0.25) is 4.90 Å². The maximum atomic E-state index is 10.5. The highest BCUT2D eigenvalue weighted by Crippen LogP contribution is 2.22. The van der Waals surface area contributed by atoms with Gasteiger partial charge in [-0.1, -0.05) is 0 Å². The van der Waals surface area contributed by atoms with Crippen molar-refractivity contribution in [3.8, 4) is 0 Å². The fourth-order valence-electron chi connectivity index (χ4n) is 1.40. The summed E-state index contributed by atoms with van der Waals surface area (Å²) < 4.78 is 0. The summed E-state index contributed by atoms with van der Waals surface area (Å²) in [5.74, 6) is 1.06. The van der Waals surface area contributed by atoms with E-state index in [-0.39, 0.29) is 0 Å². The predicted molar refractivity (Wildman–Crippen MR) is 47.3 cm³/mol. The second-order valence-electron chi connectivity index (χ2n) is 3.03. The molecule has 1 heterocycles. The molecule has 70 valence electrons. The second kappa shape index (κ2) is 4.00. The molecule has 0 aromatic heterocycles. The summed E-state index contributed by atoms with van der Waals surface area (Å²) in [5, 5.41) is 18.0. The van der Waals surface area contributed by atoms with E-state index in [1.54, 1.807) is 0 Å². The number of carboxylic acid groups (broad SMARTS) is 1. The van der Waals surface area contributed by atoms with Crippen LogP contribution in [0.2, 0.25) is 0 Å². The summed E-state index contributed by atoms with van der Waals surface area (Å²) in [5.41, 5.74) is 0. The van der Waals surface area contributed by atoms with Gasteiger partial charge in [0.1, 0.15) is 6.23 Å². The molecule has 0 saturated carbocycles. The Hall–Kier alpha value is -0.420. The van der Waals surface area contributed by atoms with Crippen molar-refractivity contribution in [2.75, 3.05) is 12.3 Å². The Morgan fingerprint density at radius 3 is 2.75 bits per heavy atom.